The summed E-state index contributed by atoms with van der Waals surface area (Å²) in [6.45, 7) is 6.36. The second-order valence-electron chi connectivity index (χ2n) is 5.72. The van der Waals surface area contributed by atoms with Crippen molar-refractivity contribution in [2.24, 2.45) is 17.1 Å². The molecule has 0 aromatic heterocycles. The molecule has 3 nitrogen and oxygen atoms in total. The normalized spacial score (nSPS) is 31.2. The molecule has 2 N–H and O–H groups in total. The van der Waals surface area contributed by atoms with E-state index in [2.05, 4.69) is 6.92 Å². The average Bonchev–Trinajstić information content (AvgIpc) is 2.58. The monoisotopic (exact) mass is 247 g/mol. The number of rotatable bonds is 5. The largest absolute Gasteiger partial charge is 0.330 e. The Morgan fingerprint density at radius 3 is 2.44 bits per heavy atom. The van der Waals surface area contributed by atoms with Crippen LogP contribution in [0.15, 0.2) is 0 Å². The summed E-state index contributed by atoms with van der Waals surface area (Å²) in [5.41, 5.74) is 5.94. The summed E-state index contributed by atoms with van der Waals surface area (Å²) in [4.78, 5) is 0. The minimum Gasteiger partial charge on any atom is -0.330 e. The van der Waals surface area contributed by atoms with Crippen molar-refractivity contribution in [2.45, 2.75) is 51.7 Å². The third-order valence-corrected chi connectivity index (χ3v) is 6.23. The molecule has 0 saturated heterocycles. The molecule has 1 fully saturated rings. The Morgan fingerprint density at radius 1 is 1.44 bits per heavy atom. The van der Waals surface area contributed by atoms with E-state index < -0.39 is 9.84 Å². The summed E-state index contributed by atoms with van der Waals surface area (Å²) in [6.07, 6.45) is 4.13. The van der Waals surface area contributed by atoms with Crippen LogP contribution in [0.2, 0.25) is 0 Å². The van der Waals surface area contributed by atoms with E-state index in [9.17, 15) is 8.42 Å². The fraction of sp³-hybridized carbons (Fsp3) is 1.00. The van der Waals surface area contributed by atoms with Gasteiger partial charge in [-0.15, -0.1) is 0 Å². The second-order valence-corrected chi connectivity index (χ2v) is 8.39. The molecule has 1 saturated carbocycles. The first-order valence-electron chi connectivity index (χ1n) is 6.23. The highest BCUT2D eigenvalue weighted by Crippen LogP contribution is 2.43. The predicted octanol–water partition coefficient (Wildman–Crippen LogP) is 1.96. The standard InChI is InChI=1S/C12H25NO2S/c1-10(2)16(14,15)7-6-12(9-13)5-4-11(3)8-12/h10-11H,4-9,13H2,1-3H3. The van der Waals surface area contributed by atoms with Gasteiger partial charge in [-0.05, 0) is 51.0 Å². The van der Waals surface area contributed by atoms with Gasteiger partial charge < -0.3 is 5.73 Å². The second kappa shape index (κ2) is 5.05. The quantitative estimate of drug-likeness (QED) is 0.808. The van der Waals surface area contributed by atoms with Crippen LogP contribution in [0.1, 0.15) is 46.5 Å². The molecule has 1 aliphatic carbocycles. The summed E-state index contributed by atoms with van der Waals surface area (Å²) >= 11 is 0. The number of sulfone groups is 1. The molecule has 0 heterocycles. The van der Waals surface area contributed by atoms with E-state index in [0.717, 1.165) is 19.3 Å². The highest BCUT2D eigenvalue weighted by molar-refractivity contribution is 7.91. The molecule has 1 aliphatic rings. The zero-order chi connectivity index (χ0) is 12.4. The lowest BCUT2D eigenvalue weighted by Crippen LogP contribution is -2.31. The molecule has 0 radical (unpaired) electrons. The fourth-order valence-corrected chi connectivity index (χ4v) is 3.79. The minimum atomic E-state index is -2.91. The summed E-state index contributed by atoms with van der Waals surface area (Å²) in [6, 6.07) is 0. The van der Waals surface area contributed by atoms with Crippen molar-refractivity contribution < 1.29 is 8.42 Å². The molecule has 0 aliphatic heterocycles. The molecule has 0 amide bonds. The average molecular weight is 247 g/mol. The SMILES string of the molecule is CC1CCC(CN)(CCS(=O)(=O)C(C)C)C1. The first-order valence-corrected chi connectivity index (χ1v) is 7.94. The Labute approximate surface area is 99.7 Å². The molecule has 2 atom stereocenters. The van der Waals surface area contributed by atoms with Crippen LogP contribution in [0.4, 0.5) is 0 Å². The summed E-state index contributed by atoms with van der Waals surface area (Å²) in [5, 5.41) is -0.263. The van der Waals surface area contributed by atoms with Crippen LogP contribution in [0.5, 0.6) is 0 Å². The molecular formula is C12H25NO2S. The van der Waals surface area contributed by atoms with Gasteiger partial charge in [-0.3, -0.25) is 0 Å². The van der Waals surface area contributed by atoms with Gasteiger partial charge in [-0.2, -0.15) is 0 Å². The van der Waals surface area contributed by atoms with Gasteiger partial charge in [0.05, 0.1) is 11.0 Å². The highest BCUT2D eigenvalue weighted by atomic mass is 32.2. The summed E-state index contributed by atoms with van der Waals surface area (Å²) in [7, 11) is -2.91. The maximum Gasteiger partial charge on any atom is 0.152 e. The van der Waals surface area contributed by atoms with E-state index in [0.29, 0.717) is 18.2 Å². The van der Waals surface area contributed by atoms with E-state index >= 15 is 0 Å². The lowest BCUT2D eigenvalue weighted by Gasteiger charge is -2.27. The van der Waals surface area contributed by atoms with Crippen molar-refractivity contribution in [2.75, 3.05) is 12.3 Å². The van der Waals surface area contributed by atoms with Gasteiger partial charge in [0.1, 0.15) is 0 Å². The lowest BCUT2D eigenvalue weighted by atomic mass is 9.83. The summed E-state index contributed by atoms with van der Waals surface area (Å²) < 4.78 is 23.6. The molecule has 4 heteroatoms. The van der Waals surface area contributed by atoms with Gasteiger partial charge in [0.15, 0.2) is 9.84 Å². The van der Waals surface area contributed by atoms with Crippen LogP contribution >= 0.6 is 0 Å². The highest BCUT2D eigenvalue weighted by Gasteiger charge is 2.37. The smallest absolute Gasteiger partial charge is 0.152 e. The number of hydrogen-bond donors (Lipinski definition) is 1. The molecule has 0 aromatic carbocycles. The van der Waals surface area contributed by atoms with Crippen LogP contribution in [0, 0.1) is 11.3 Å². The van der Waals surface area contributed by atoms with Crippen LogP contribution < -0.4 is 5.73 Å². The van der Waals surface area contributed by atoms with Crippen molar-refractivity contribution in [1.82, 2.24) is 0 Å². The van der Waals surface area contributed by atoms with E-state index in [1.54, 1.807) is 13.8 Å². The van der Waals surface area contributed by atoms with Gasteiger partial charge in [-0.25, -0.2) is 8.42 Å². The van der Waals surface area contributed by atoms with Gasteiger partial charge in [-0.1, -0.05) is 13.3 Å². The Bertz CT molecular complexity index is 324. The van der Waals surface area contributed by atoms with Crippen LogP contribution in [-0.4, -0.2) is 26.0 Å². The molecule has 96 valence electrons. The topological polar surface area (TPSA) is 60.2 Å². The van der Waals surface area contributed by atoms with E-state index in [4.69, 9.17) is 5.73 Å². The molecule has 0 spiro atoms. The first-order chi connectivity index (χ1) is 7.31. The van der Waals surface area contributed by atoms with Gasteiger partial charge in [0, 0.05) is 0 Å². The minimum absolute atomic E-state index is 0.0986. The zero-order valence-electron chi connectivity index (χ0n) is 10.7. The summed E-state index contributed by atoms with van der Waals surface area (Å²) in [5.74, 6) is 1.000. The van der Waals surface area contributed by atoms with Crippen LogP contribution in [0.3, 0.4) is 0 Å². The third-order valence-electron chi connectivity index (χ3n) is 4.02. The molecule has 2 unspecified atom stereocenters. The van der Waals surface area contributed by atoms with Crippen molar-refractivity contribution in [1.29, 1.82) is 0 Å². The molecule has 0 bridgehead atoms. The fourth-order valence-electron chi connectivity index (χ4n) is 2.60. The zero-order valence-corrected chi connectivity index (χ0v) is 11.5. The lowest BCUT2D eigenvalue weighted by molar-refractivity contribution is 0.287. The predicted molar refractivity (Wildman–Crippen MR) is 68.0 cm³/mol. The van der Waals surface area contributed by atoms with Gasteiger partial charge >= 0.3 is 0 Å². The van der Waals surface area contributed by atoms with E-state index in [-0.39, 0.29) is 10.7 Å². The molecule has 1 rings (SSSR count). The van der Waals surface area contributed by atoms with E-state index in [1.807, 2.05) is 0 Å². The number of hydrogen-bond acceptors (Lipinski definition) is 3. The Morgan fingerprint density at radius 2 is 2.06 bits per heavy atom. The van der Waals surface area contributed by atoms with Crippen LogP contribution in [0.25, 0.3) is 0 Å². The van der Waals surface area contributed by atoms with Crippen molar-refractivity contribution in [3.05, 3.63) is 0 Å². The van der Waals surface area contributed by atoms with E-state index in [1.165, 1.54) is 6.42 Å². The Balaban J connectivity index is 2.60. The van der Waals surface area contributed by atoms with Crippen molar-refractivity contribution in [3.63, 3.8) is 0 Å². The van der Waals surface area contributed by atoms with Crippen molar-refractivity contribution in [3.8, 4) is 0 Å². The molecule has 16 heavy (non-hydrogen) atoms. The Kier molecular flexibility index (Phi) is 4.41. The molecular weight excluding hydrogens is 222 g/mol. The number of nitrogens with two attached hydrogens (primary N) is 1. The van der Waals surface area contributed by atoms with Crippen molar-refractivity contribution >= 4 is 9.84 Å². The third kappa shape index (κ3) is 3.20. The van der Waals surface area contributed by atoms with Gasteiger partial charge in [0.25, 0.3) is 0 Å². The Hall–Kier alpha value is -0.0900. The van der Waals surface area contributed by atoms with Crippen LogP contribution in [-0.2, 0) is 9.84 Å². The maximum absolute atomic E-state index is 11.8. The molecule has 0 aromatic rings. The maximum atomic E-state index is 11.8. The first kappa shape index (κ1) is 14.0. The van der Waals surface area contributed by atoms with Gasteiger partial charge in [0.2, 0.25) is 0 Å².